The molecule has 1 N–H and O–H groups in total. The van der Waals surface area contributed by atoms with Gasteiger partial charge in [-0.3, -0.25) is 4.98 Å². The predicted molar refractivity (Wildman–Crippen MR) is 85.9 cm³/mol. The summed E-state index contributed by atoms with van der Waals surface area (Å²) in [7, 11) is 3.90. The van der Waals surface area contributed by atoms with E-state index in [-0.39, 0.29) is 5.60 Å². The molecule has 0 spiro atoms. The summed E-state index contributed by atoms with van der Waals surface area (Å²) in [6.45, 7) is 2.33. The van der Waals surface area contributed by atoms with Crippen LogP contribution in [-0.4, -0.2) is 30.8 Å². The number of rotatable bonds is 5. The number of hydrogen-bond acceptors (Lipinski definition) is 3. The molecule has 0 radical (unpaired) electrons. The maximum absolute atomic E-state index is 6.01. The maximum atomic E-state index is 6.01. The van der Waals surface area contributed by atoms with Crippen LogP contribution < -0.4 is 5.32 Å². The second-order valence-corrected chi connectivity index (χ2v) is 6.94. The van der Waals surface area contributed by atoms with Gasteiger partial charge in [-0.2, -0.15) is 0 Å². The van der Waals surface area contributed by atoms with Gasteiger partial charge in [0, 0.05) is 30.0 Å². The lowest BCUT2D eigenvalue weighted by molar-refractivity contribution is -0.0775. The first-order chi connectivity index (χ1) is 9.59. The summed E-state index contributed by atoms with van der Waals surface area (Å²) < 4.78 is 7.05. The fourth-order valence-electron chi connectivity index (χ4n) is 3.54. The molecule has 3 unspecified atom stereocenters. The van der Waals surface area contributed by atoms with Crippen molar-refractivity contribution < 1.29 is 4.74 Å². The van der Waals surface area contributed by atoms with E-state index in [2.05, 4.69) is 39.2 Å². The Kier molecular flexibility index (Phi) is 5.58. The number of nitrogens with one attached hydrogen (secondary N) is 1. The van der Waals surface area contributed by atoms with E-state index in [4.69, 9.17) is 4.74 Å². The SMILES string of the molecule is CNC(Cc1cncc(Br)c1)C1(OC)CCCC(C)C1. The number of halogens is 1. The number of ether oxygens (including phenoxy) is 1. The van der Waals surface area contributed by atoms with Gasteiger partial charge < -0.3 is 10.1 Å². The molecule has 0 bridgehead atoms. The van der Waals surface area contributed by atoms with Gasteiger partial charge in [0.2, 0.25) is 0 Å². The summed E-state index contributed by atoms with van der Waals surface area (Å²) in [5.74, 6) is 0.736. The fraction of sp³-hybridized carbons (Fsp3) is 0.688. The highest BCUT2D eigenvalue weighted by Crippen LogP contribution is 2.38. The molecule has 1 aliphatic carbocycles. The molecule has 1 saturated carbocycles. The lowest BCUT2D eigenvalue weighted by atomic mass is 9.73. The summed E-state index contributed by atoms with van der Waals surface area (Å²) >= 11 is 3.50. The molecular weight excluding hydrogens is 316 g/mol. The van der Waals surface area contributed by atoms with Crippen LogP contribution in [0.25, 0.3) is 0 Å². The zero-order valence-electron chi connectivity index (χ0n) is 12.7. The molecule has 3 nitrogen and oxygen atoms in total. The molecule has 3 atom stereocenters. The normalized spacial score (nSPS) is 28.3. The van der Waals surface area contributed by atoms with Crippen molar-refractivity contribution in [3.05, 3.63) is 28.5 Å². The summed E-state index contributed by atoms with van der Waals surface area (Å²) in [6.07, 6.45) is 9.57. The quantitative estimate of drug-likeness (QED) is 0.889. The molecule has 0 amide bonds. The lowest BCUT2D eigenvalue weighted by Crippen LogP contribution is -2.54. The number of pyridine rings is 1. The van der Waals surface area contributed by atoms with Gasteiger partial charge in [0.05, 0.1) is 5.60 Å². The van der Waals surface area contributed by atoms with Crippen molar-refractivity contribution in [2.24, 2.45) is 5.92 Å². The topological polar surface area (TPSA) is 34.2 Å². The molecule has 0 saturated heterocycles. The van der Waals surface area contributed by atoms with Gasteiger partial charge in [-0.05, 0) is 59.8 Å². The first-order valence-electron chi connectivity index (χ1n) is 7.41. The molecule has 0 aliphatic heterocycles. The number of aromatic nitrogens is 1. The third-order valence-electron chi connectivity index (χ3n) is 4.58. The molecule has 4 heteroatoms. The molecule has 20 heavy (non-hydrogen) atoms. The van der Waals surface area contributed by atoms with Gasteiger partial charge in [0.1, 0.15) is 0 Å². The third-order valence-corrected chi connectivity index (χ3v) is 5.02. The third kappa shape index (κ3) is 3.60. The van der Waals surface area contributed by atoms with Crippen LogP contribution in [0.4, 0.5) is 0 Å². The second-order valence-electron chi connectivity index (χ2n) is 6.03. The van der Waals surface area contributed by atoms with Crippen molar-refractivity contribution in [2.45, 2.75) is 50.7 Å². The van der Waals surface area contributed by atoms with Crippen LogP contribution >= 0.6 is 15.9 Å². The van der Waals surface area contributed by atoms with Gasteiger partial charge in [0.15, 0.2) is 0 Å². The Bertz CT molecular complexity index is 440. The standard InChI is InChI=1S/C16H25BrN2O/c1-12-5-4-6-16(9-12,20-3)15(18-2)8-13-7-14(17)11-19-10-13/h7,10-12,15,18H,4-6,8-9H2,1-3H3. The highest BCUT2D eigenvalue weighted by Gasteiger charge is 2.41. The van der Waals surface area contributed by atoms with Crippen LogP contribution in [0.5, 0.6) is 0 Å². The van der Waals surface area contributed by atoms with Crippen molar-refractivity contribution in [3.8, 4) is 0 Å². The number of likely N-dealkylation sites (N-methyl/N-ethyl adjacent to an activating group) is 1. The zero-order chi connectivity index (χ0) is 14.6. The van der Waals surface area contributed by atoms with Crippen molar-refractivity contribution in [3.63, 3.8) is 0 Å². The van der Waals surface area contributed by atoms with Crippen molar-refractivity contribution >= 4 is 15.9 Å². The van der Waals surface area contributed by atoms with Gasteiger partial charge >= 0.3 is 0 Å². The molecule has 1 heterocycles. The smallest absolute Gasteiger partial charge is 0.0836 e. The Morgan fingerprint density at radius 1 is 1.55 bits per heavy atom. The number of nitrogens with zero attached hydrogens (tertiary/aromatic N) is 1. The van der Waals surface area contributed by atoms with Crippen molar-refractivity contribution in [2.75, 3.05) is 14.2 Å². The van der Waals surface area contributed by atoms with E-state index in [0.29, 0.717) is 6.04 Å². The Labute approximate surface area is 130 Å². The molecule has 0 aromatic carbocycles. The van der Waals surface area contributed by atoms with Crippen LogP contribution in [-0.2, 0) is 11.2 Å². The van der Waals surface area contributed by atoms with Crippen LogP contribution in [0.15, 0.2) is 22.9 Å². The van der Waals surface area contributed by atoms with E-state index in [0.717, 1.165) is 29.7 Å². The van der Waals surface area contributed by atoms with Gasteiger partial charge in [-0.25, -0.2) is 0 Å². The highest BCUT2D eigenvalue weighted by molar-refractivity contribution is 9.10. The van der Waals surface area contributed by atoms with Gasteiger partial charge in [0.25, 0.3) is 0 Å². The van der Waals surface area contributed by atoms with E-state index in [1.54, 1.807) is 0 Å². The van der Waals surface area contributed by atoms with E-state index >= 15 is 0 Å². The molecule has 1 aromatic rings. The highest BCUT2D eigenvalue weighted by atomic mass is 79.9. The van der Waals surface area contributed by atoms with E-state index in [9.17, 15) is 0 Å². The van der Waals surface area contributed by atoms with Gasteiger partial charge in [-0.1, -0.05) is 19.8 Å². The minimum absolute atomic E-state index is 0.0469. The first kappa shape index (κ1) is 15.9. The molecule has 112 valence electrons. The zero-order valence-corrected chi connectivity index (χ0v) is 14.2. The summed E-state index contributed by atoms with van der Waals surface area (Å²) in [4.78, 5) is 4.26. The lowest BCUT2D eigenvalue weighted by Gasteiger charge is -2.44. The van der Waals surface area contributed by atoms with Crippen LogP contribution in [0.1, 0.15) is 38.2 Å². The minimum Gasteiger partial charge on any atom is -0.377 e. The summed E-state index contributed by atoms with van der Waals surface area (Å²) in [5, 5.41) is 3.48. The van der Waals surface area contributed by atoms with Crippen LogP contribution in [0.2, 0.25) is 0 Å². The van der Waals surface area contributed by atoms with Crippen LogP contribution in [0, 0.1) is 5.92 Å². The van der Waals surface area contributed by atoms with Gasteiger partial charge in [-0.15, -0.1) is 0 Å². The minimum atomic E-state index is -0.0469. The molecular formula is C16H25BrN2O. The fourth-order valence-corrected chi connectivity index (χ4v) is 3.95. The predicted octanol–water partition coefficient (Wildman–Crippen LogP) is 3.57. The van der Waals surface area contributed by atoms with Crippen LogP contribution in [0.3, 0.4) is 0 Å². The second kappa shape index (κ2) is 7.01. The average molecular weight is 341 g/mol. The molecule has 1 aromatic heterocycles. The van der Waals surface area contributed by atoms with Crippen molar-refractivity contribution in [1.82, 2.24) is 10.3 Å². The maximum Gasteiger partial charge on any atom is 0.0836 e. The monoisotopic (exact) mass is 340 g/mol. The Hall–Kier alpha value is -0.450. The number of methoxy groups -OCH3 is 1. The molecule has 1 aliphatic rings. The molecule has 1 fully saturated rings. The van der Waals surface area contributed by atoms with E-state index in [1.165, 1.54) is 18.4 Å². The number of hydrogen-bond donors (Lipinski definition) is 1. The summed E-state index contributed by atoms with van der Waals surface area (Å²) in [5.41, 5.74) is 1.20. The average Bonchev–Trinajstić information content (AvgIpc) is 2.44. The Balaban J connectivity index is 2.17. The molecule has 2 rings (SSSR count). The first-order valence-corrected chi connectivity index (χ1v) is 8.21. The van der Waals surface area contributed by atoms with Crippen molar-refractivity contribution in [1.29, 1.82) is 0 Å². The Morgan fingerprint density at radius 2 is 2.35 bits per heavy atom. The largest absolute Gasteiger partial charge is 0.377 e. The summed E-state index contributed by atoms with van der Waals surface area (Å²) in [6, 6.07) is 2.47. The van der Waals surface area contributed by atoms with E-state index < -0.39 is 0 Å². The van der Waals surface area contributed by atoms with E-state index in [1.807, 2.05) is 26.6 Å². The Morgan fingerprint density at radius 3 is 2.95 bits per heavy atom.